The molecular weight excluding hydrogens is 316 g/mol. The highest BCUT2D eigenvalue weighted by atomic mass is 32.2. The van der Waals surface area contributed by atoms with E-state index < -0.39 is 15.7 Å². The lowest BCUT2D eigenvalue weighted by Gasteiger charge is -2.20. The summed E-state index contributed by atoms with van der Waals surface area (Å²) in [5, 5.41) is 2.66. The van der Waals surface area contributed by atoms with E-state index in [1.807, 2.05) is 25.1 Å². The van der Waals surface area contributed by atoms with Gasteiger partial charge in [0.15, 0.2) is 0 Å². The van der Waals surface area contributed by atoms with E-state index in [1.165, 1.54) is 17.5 Å². The molecule has 3 aromatic rings. The third-order valence-corrected chi connectivity index (χ3v) is 4.93. The summed E-state index contributed by atoms with van der Waals surface area (Å²) in [6.07, 6.45) is 2.64. The second-order valence-electron chi connectivity index (χ2n) is 5.36. The molecule has 120 valence electrons. The van der Waals surface area contributed by atoms with E-state index in [0.717, 1.165) is 23.0 Å². The molecule has 1 aromatic carbocycles. The second kappa shape index (κ2) is 5.24. The van der Waals surface area contributed by atoms with Crippen LogP contribution in [0.4, 0.5) is 5.69 Å². The highest BCUT2D eigenvalue weighted by Crippen LogP contribution is 2.34. The molecule has 0 amide bonds. The van der Waals surface area contributed by atoms with Gasteiger partial charge in [-0.15, -0.1) is 0 Å². The van der Waals surface area contributed by atoms with Crippen LogP contribution < -0.4 is 9.99 Å². The highest BCUT2D eigenvalue weighted by molar-refractivity contribution is 7.92. The van der Waals surface area contributed by atoms with Crippen LogP contribution >= 0.6 is 0 Å². The quantitative estimate of drug-likeness (QED) is 0.785. The largest absolute Gasteiger partial charge is 0.360 e. The van der Waals surface area contributed by atoms with Gasteiger partial charge >= 0.3 is 5.69 Å². The lowest BCUT2D eigenvalue weighted by atomic mass is 10.1. The Bertz CT molecular complexity index is 1050. The molecule has 3 rings (SSSR count). The maximum absolute atomic E-state index is 11.9. The number of hydrogen-bond acceptors (Lipinski definition) is 4. The van der Waals surface area contributed by atoms with Crippen LogP contribution in [-0.2, 0) is 10.0 Å². The second-order valence-corrected chi connectivity index (χ2v) is 7.37. The summed E-state index contributed by atoms with van der Waals surface area (Å²) in [4.78, 5) is 15.3. The van der Waals surface area contributed by atoms with Gasteiger partial charge in [0.2, 0.25) is 10.0 Å². The van der Waals surface area contributed by atoms with Crippen LogP contribution in [0.5, 0.6) is 0 Å². The summed E-state index contributed by atoms with van der Waals surface area (Å²) in [6, 6.07) is 9.04. The molecule has 1 N–H and O–H groups in total. The molecule has 0 bridgehead atoms. The van der Waals surface area contributed by atoms with Gasteiger partial charge in [-0.3, -0.25) is 4.31 Å². The standard InChI is InChI=1S/C15H16N4O3S/c1-10-8-11-9-16-15(20)17-19(11)14(10)12-6-4-5-7-13(12)18(2)23(3,21)22/h4-9H,1-3H3,(H,17,20). The SMILES string of the molecule is Cc1cc2cnc(=O)[nH]n2c1-c1ccccc1N(C)S(C)(=O)=O. The van der Waals surface area contributed by atoms with E-state index in [2.05, 4.69) is 10.1 Å². The van der Waals surface area contributed by atoms with Crippen molar-refractivity contribution in [2.45, 2.75) is 6.92 Å². The molecule has 0 aliphatic carbocycles. The molecule has 0 saturated heterocycles. The minimum atomic E-state index is -3.40. The summed E-state index contributed by atoms with van der Waals surface area (Å²) in [5.41, 5.74) is 3.14. The fraction of sp³-hybridized carbons (Fsp3) is 0.200. The van der Waals surface area contributed by atoms with Gasteiger partial charge in [0.1, 0.15) is 0 Å². The molecule has 0 atom stereocenters. The summed E-state index contributed by atoms with van der Waals surface area (Å²) in [7, 11) is -1.90. The Kier molecular flexibility index (Phi) is 3.48. The van der Waals surface area contributed by atoms with Crippen LogP contribution in [0.15, 0.2) is 41.3 Å². The first-order chi connectivity index (χ1) is 10.8. The van der Waals surface area contributed by atoms with Crippen molar-refractivity contribution in [1.82, 2.24) is 14.6 Å². The van der Waals surface area contributed by atoms with Crippen molar-refractivity contribution < 1.29 is 8.42 Å². The van der Waals surface area contributed by atoms with Gasteiger partial charge < -0.3 is 0 Å². The maximum atomic E-state index is 11.9. The first kappa shape index (κ1) is 15.3. The number of benzene rings is 1. The molecule has 2 aromatic heterocycles. The number of anilines is 1. The Labute approximate surface area is 133 Å². The number of fused-ring (bicyclic) bond motifs is 1. The first-order valence-corrected chi connectivity index (χ1v) is 8.74. The smallest absolute Gasteiger partial charge is 0.273 e. The van der Waals surface area contributed by atoms with E-state index in [-0.39, 0.29) is 0 Å². The Morgan fingerprint density at radius 1 is 1.26 bits per heavy atom. The summed E-state index contributed by atoms with van der Waals surface area (Å²) in [5.74, 6) is 0. The molecule has 23 heavy (non-hydrogen) atoms. The Morgan fingerprint density at radius 3 is 2.65 bits per heavy atom. The number of hydrogen-bond donors (Lipinski definition) is 1. The molecule has 0 unspecified atom stereocenters. The third kappa shape index (κ3) is 2.61. The molecule has 0 radical (unpaired) electrons. The Hall–Kier alpha value is -2.61. The third-order valence-electron chi connectivity index (χ3n) is 3.74. The van der Waals surface area contributed by atoms with Crippen molar-refractivity contribution in [3.63, 3.8) is 0 Å². The highest BCUT2D eigenvalue weighted by Gasteiger charge is 2.19. The lowest BCUT2D eigenvalue weighted by molar-refractivity contribution is 0.600. The average Bonchev–Trinajstić information content (AvgIpc) is 2.80. The number of nitrogens with zero attached hydrogens (tertiary/aromatic N) is 3. The fourth-order valence-electron chi connectivity index (χ4n) is 2.58. The number of aromatic nitrogens is 3. The number of H-pyrrole nitrogens is 1. The molecule has 2 heterocycles. The number of aromatic amines is 1. The minimum absolute atomic E-state index is 0.469. The van der Waals surface area contributed by atoms with Gasteiger partial charge in [-0.25, -0.2) is 22.8 Å². The summed E-state index contributed by atoms with van der Waals surface area (Å²) < 4.78 is 26.7. The van der Waals surface area contributed by atoms with Crippen molar-refractivity contribution in [3.8, 4) is 11.3 Å². The molecule has 0 fully saturated rings. The van der Waals surface area contributed by atoms with Crippen LogP contribution in [-0.4, -0.2) is 36.3 Å². The lowest BCUT2D eigenvalue weighted by Crippen LogP contribution is -2.25. The molecule has 8 heteroatoms. The fourth-order valence-corrected chi connectivity index (χ4v) is 3.10. The predicted molar refractivity (Wildman–Crippen MR) is 89.2 cm³/mol. The maximum Gasteiger partial charge on any atom is 0.360 e. The van der Waals surface area contributed by atoms with Crippen LogP contribution in [0.3, 0.4) is 0 Å². The van der Waals surface area contributed by atoms with Crippen LogP contribution in [0, 0.1) is 6.92 Å². The topological polar surface area (TPSA) is 87.5 Å². The molecule has 0 aliphatic heterocycles. The molecule has 0 spiro atoms. The van der Waals surface area contributed by atoms with E-state index in [9.17, 15) is 13.2 Å². The first-order valence-electron chi connectivity index (χ1n) is 6.90. The number of aryl methyl sites for hydroxylation is 1. The van der Waals surface area contributed by atoms with Gasteiger partial charge in [-0.1, -0.05) is 18.2 Å². The summed E-state index contributed by atoms with van der Waals surface area (Å²) in [6.45, 7) is 1.90. The molecule has 7 nitrogen and oxygen atoms in total. The minimum Gasteiger partial charge on any atom is -0.273 e. The van der Waals surface area contributed by atoms with E-state index in [1.54, 1.807) is 16.6 Å². The van der Waals surface area contributed by atoms with E-state index >= 15 is 0 Å². The molecular formula is C15H16N4O3S. The monoisotopic (exact) mass is 332 g/mol. The molecule has 0 aliphatic rings. The van der Waals surface area contributed by atoms with Gasteiger partial charge in [0, 0.05) is 12.6 Å². The van der Waals surface area contributed by atoms with E-state index in [4.69, 9.17) is 0 Å². The van der Waals surface area contributed by atoms with Crippen LogP contribution in [0.2, 0.25) is 0 Å². The van der Waals surface area contributed by atoms with Crippen molar-refractivity contribution in [2.24, 2.45) is 0 Å². The average molecular weight is 332 g/mol. The van der Waals surface area contributed by atoms with Crippen molar-refractivity contribution in [3.05, 3.63) is 52.6 Å². The van der Waals surface area contributed by atoms with Gasteiger partial charge in [0.05, 0.1) is 29.4 Å². The zero-order chi connectivity index (χ0) is 16.8. The van der Waals surface area contributed by atoms with Crippen molar-refractivity contribution >= 4 is 21.2 Å². The molecule has 0 saturated carbocycles. The Morgan fingerprint density at radius 2 is 1.96 bits per heavy atom. The zero-order valence-electron chi connectivity index (χ0n) is 12.9. The Balaban J connectivity index is 2.35. The number of rotatable bonds is 3. The number of para-hydroxylation sites is 1. The van der Waals surface area contributed by atoms with Crippen molar-refractivity contribution in [1.29, 1.82) is 0 Å². The number of nitrogens with one attached hydrogen (secondary N) is 1. The zero-order valence-corrected chi connectivity index (χ0v) is 13.8. The van der Waals surface area contributed by atoms with Crippen LogP contribution in [0.1, 0.15) is 5.56 Å². The van der Waals surface area contributed by atoms with Crippen LogP contribution in [0.25, 0.3) is 16.8 Å². The van der Waals surface area contributed by atoms with Gasteiger partial charge in [-0.2, -0.15) is 4.98 Å². The van der Waals surface area contributed by atoms with E-state index in [0.29, 0.717) is 11.3 Å². The summed E-state index contributed by atoms with van der Waals surface area (Å²) >= 11 is 0. The van der Waals surface area contributed by atoms with Gasteiger partial charge in [-0.05, 0) is 24.6 Å². The normalized spacial score (nSPS) is 11.8. The van der Waals surface area contributed by atoms with Crippen molar-refractivity contribution in [2.75, 3.05) is 17.6 Å². The number of sulfonamides is 1. The van der Waals surface area contributed by atoms with Gasteiger partial charge in [0.25, 0.3) is 0 Å². The predicted octanol–water partition coefficient (Wildman–Crippen LogP) is 1.39.